The van der Waals surface area contributed by atoms with Crippen LogP contribution in [0.4, 0.5) is 5.69 Å². The maximum Gasteiger partial charge on any atom is 0.221 e. The molecule has 3 heteroatoms. The minimum Gasteiger partial charge on any atom is -0.385 e. The monoisotopic (exact) mass is 220 g/mol. The van der Waals surface area contributed by atoms with Crippen LogP contribution < -0.4 is 11.1 Å². The van der Waals surface area contributed by atoms with Crippen LogP contribution in [0, 0.1) is 0 Å². The van der Waals surface area contributed by atoms with E-state index in [1.807, 2.05) is 24.3 Å². The normalized spacial score (nSPS) is 10.1. The van der Waals surface area contributed by atoms with E-state index in [-0.39, 0.29) is 5.91 Å². The third kappa shape index (κ3) is 4.82. The van der Waals surface area contributed by atoms with Crippen LogP contribution in [-0.4, -0.2) is 12.5 Å². The molecule has 3 N–H and O–H groups in total. The molecule has 1 amide bonds. The van der Waals surface area contributed by atoms with Crippen LogP contribution in [0.3, 0.4) is 0 Å². The number of benzene rings is 1. The Hall–Kier alpha value is -1.51. The molecule has 0 aromatic heterocycles. The Bertz CT molecular complexity index is 319. The lowest BCUT2D eigenvalue weighted by Gasteiger charge is -2.06. The quantitative estimate of drug-likeness (QED) is 0.693. The molecule has 0 aliphatic carbocycles. The molecule has 1 aromatic rings. The molecule has 0 fully saturated rings. The van der Waals surface area contributed by atoms with Crippen molar-refractivity contribution < 1.29 is 4.79 Å². The number of carbonyl (C=O) groups excluding carboxylic acids is 1. The predicted molar refractivity (Wildman–Crippen MR) is 67.4 cm³/mol. The second kappa shape index (κ2) is 6.88. The Morgan fingerprint density at radius 3 is 2.50 bits per heavy atom. The number of anilines is 1. The van der Waals surface area contributed by atoms with Gasteiger partial charge in [-0.15, -0.1) is 0 Å². The molecule has 0 saturated heterocycles. The summed E-state index contributed by atoms with van der Waals surface area (Å²) in [4.78, 5) is 10.7. The highest BCUT2D eigenvalue weighted by molar-refractivity contribution is 5.76. The van der Waals surface area contributed by atoms with Gasteiger partial charge in [-0.25, -0.2) is 0 Å². The van der Waals surface area contributed by atoms with Crippen molar-refractivity contribution in [1.82, 2.24) is 0 Å². The van der Waals surface area contributed by atoms with Gasteiger partial charge in [0, 0.05) is 12.2 Å². The molecule has 3 nitrogen and oxygen atoms in total. The smallest absolute Gasteiger partial charge is 0.221 e. The number of hydrogen-bond acceptors (Lipinski definition) is 2. The summed E-state index contributed by atoms with van der Waals surface area (Å²) in [5.74, 6) is -0.288. The third-order valence-electron chi connectivity index (χ3n) is 2.44. The van der Waals surface area contributed by atoms with Crippen molar-refractivity contribution in [3.8, 4) is 0 Å². The topological polar surface area (TPSA) is 55.1 Å². The van der Waals surface area contributed by atoms with Gasteiger partial charge in [0.05, 0.1) is 6.42 Å². The summed E-state index contributed by atoms with van der Waals surface area (Å²) >= 11 is 0. The Labute approximate surface area is 97.0 Å². The van der Waals surface area contributed by atoms with Gasteiger partial charge in [0.1, 0.15) is 0 Å². The first-order chi connectivity index (χ1) is 7.72. The van der Waals surface area contributed by atoms with Crippen molar-refractivity contribution in [3.63, 3.8) is 0 Å². The average Bonchev–Trinajstić information content (AvgIpc) is 2.26. The van der Waals surface area contributed by atoms with Crippen molar-refractivity contribution >= 4 is 11.6 Å². The van der Waals surface area contributed by atoms with E-state index in [0.717, 1.165) is 17.8 Å². The van der Waals surface area contributed by atoms with Crippen LogP contribution in [-0.2, 0) is 11.2 Å². The maximum atomic E-state index is 10.7. The van der Waals surface area contributed by atoms with Crippen LogP contribution in [0.2, 0.25) is 0 Å². The van der Waals surface area contributed by atoms with Gasteiger partial charge in [0.25, 0.3) is 0 Å². The van der Waals surface area contributed by atoms with Gasteiger partial charge in [-0.3, -0.25) is 4.79 Å². The third-order valence-corrected chi connectivity index (χ3v) is 2.44. The summed E-state index contributed by atoms with van der Waals surface area (Å²) in [5, 5.41) is 3.34. The molecule has 0 aliphatic rings. The summed E-state index contributed by atoms with van der Waals surface area (Å²) < 4.78 is 0. The number of rotatable bonds is 7. The Balaban J connectivity index is 2.36. The number of primary amides is 1. The molecular formula is C13H20N2O. The standard InChI is InChI=1S/C13H20N2O/c1-2-3-4-9-15-12-7-5-11(6-8-12)10-13(14)16/h5-8,15H,2-4,9-10H2,1H3,(H2,14,16). The highest BCUT2D eigenvalue weighted by atomic mass is 16.1. The van der Waals surface area contributed by atoms with Crippen molar-refractivity contribution in [1.29, 1.82) is 0 Å². The van der Waals surface area contributed by atoms with Gasteiger partial charge in [-0.1, -0.05) is 31.9 Å². The fourth-order valence-electron chi connectivity index (χ4n) is 1.55. The second-order valence-corrected chi connectivity index (χ2v) is 3.97. The zero-order chi connectivity index (χ0) is 11.8. The van der Waals surface area contributed by atoms with E-state index >= 15 is 0 Å². The van der Waals surface area contributed by atoms with E-state index in [0.29, 0.717) is 6.42 Å². The molecule has 0 unspecified atom stereocenters. The highest BCUT2D eigenvalue weighted by Gasteiger charge is 1.98. The number of carbonyl (C=O) groups is 1. The largest absolute Gasteiger partial charge is 0.385 e. The molecule has 0 saturated carbocycles. The number of unbranched alkanes of at least 4 members (excludes halogenated alkanes) is 2. The zero-order valence-electron chi connectivity index (χ0n) is 9.83. The lowest BCUT2D eigenvalue weighted by molar-refractivity contribution is -0.117. The van der Waals surface area contributed by atoms with E-state index in [4.69, 9.17) is 5.73 Å². The lowest BCUT2D eigenvalue weighted by atomic mass is 10.1. The van der Waals surface area contributed by atoms with E-state index in [1.54, 1.807) is 0 Å². The van der Waals surface area contributed by atoms with Crippen LogP contribution in [0.25, 0.3) is 0 Å². The van der Waals surface area contributed by atoms with Crippen LogP contribution in [0.5, 0.6) is 0 Å². The molecular weight excluding hydrogens is 200 g/mol. The Morgan fingerprint density at radius 1 is 1.25 bits per heavy atom. The molecule has 0 atom stereocenters. The van der Waals surface area contributed by atoms with Gasteiger partial charge >= 0.3 is 0 Å². The molecule has 0 bridgehead atoms. The fourth-order valence-corrected chi connectivity index (χ4v) is 1.55. The number of nitrogens with two attached hydrogens (primary N) is 1. The SMILES string of the molecule is CCCCCNc1ccc(CC(N)=O)cc1. The molecule has 1 rings (SSSR count). The number of amides is 1. The van der Waals surface area contributed by atoms with Crippen LogP contribution in [0.1, 0.15) is 31.7 Å². The first kappa shape index (κ1) is 12.6. The summed E-state index contributed by atoms with van der Waals surface area (Å²) in [6.07, 6.45) is 4.00. The molecule has 16 heavy (non-hydrogen) atoms. The molecule has 1 aromatic carbocycles. The average molecular weight is 220 g/mol. The zero-order valence-corrected chi connectivity index (χ0v) is 9.83. The van der Waals surface area contributed by atoms with Crippen molar-refractivity contribution in [2.75, 3.05) is 11.9 Å². The van der Waals surface area contributed by atoms with Crippen molar-refractivity contribution in [2.24, 2.45) is 5.73 Å². The predicted octanol–water partition coefficient (Wildman–Crippen LogP) is 2.32. The summed E-state index contributed by atoms with van der Waals surface area (Å²) in [6.45, 7) is 3.20. The van der Waals surface area contributed by atoms with E-state index in [2.05, 4.69) is 12.2 Å². The first-order valence-electron chi connectivity index (χ1n) is 5.83. The van der Waals surface area contributed by atoms with E-state index in [9.17, 15) is 4.79 Å². The maximum absolute atomic E-state index is 10.7. The van der Waals surface area contributed by atoms with Gasteiger partial charge in [-0.05, 0) is 24.1 Å². The van der Waals surface area contributed by atoms with Crippen molar-refractivity contribution in [2.45, 2.75) is 32.6 Å². The van der Waals surface area contributed by atoms with Crippen LogP contribution >= 0.6 is 0 Å². The number of nitrogens with one attached hydrogen (secondary N) is 1. The molecule has 0 heterocycles. The van der Waals surface area contributed by atoms with Gasteiger partial charge < -0.3 is 11.1 Å². The fraction of sp³-hybridized carbons (Fsp3) is 0.462. The summed E-state index contributed by atoms with van der Waals surface area (Å²) in [6, 6.07) is 7.86. The lowest BCUT2D eigenvalue weighted by Crippen LogP contribution is -2.13. The van der Waals surface area contributed by atoms with E-state index < -0.39 is 0 Å². The highest BCUT2D eigenvalue weighted by Crippen LogP contribution is 2.10. The van der Waals surface area contributed by atoms with Gasteiger partial charge in [-0.2, -0.15) is 0 Å². The molecule has 0 radical (unpaired) electrons. The second-order valence-electron chi connectivity index (χ2n) is 3.97. The van der Waals surface area contributed by atoms with E-state index in [1.165, 1.54) is 19.3 Å². The Kier molecular flexibility index (Phi) is 5.40. The van der Waals surface area contributed by atoms with Gasteiger partial charge in [0.2, 0.25) is 5.91 Å². The Morgan fingerprint density at radius 2 is 1.94 bits per heavy atom. The minimum absolute atomic E-state index is 0.288. The summed E-state index contributed by atoms with van der Waals surface area (Å²) in [7, 11) is 0. The molecule has 0 aliphatic heterocycles. The van der Waals surface area contributed by atoms with Crippen LogP contribution in [0.15, 0.2) is 24.3 Å². The molecule has 0 spiro atoms. The summed E-state index contributed by atoms with van der Waals surface area (Å²) in [5.41, 5.74) is 7.19. The minimum atomic E-state index is -0.288. The van der Waals surface area contributed by atoms with Gasteiger partial charge in [0.15, 0.2) is 0 Å². The van der Waals surface area contributed by atoms with Crippen molar-refractivity contribution in [3.05, 3.63) is 29.8 Å². The molecule has 88 valence electrons. The first-order valence-corrected chi connectivity index (χ1v) is 5.83. The number of hydrogen-bond donors (Lipinski definition) is 2.